The second kappa shape index (κ2) is 3.17. The topological polar surface area (TPSA) is 68.1 Å². The van der Waals surface area contributed by atoms with Crippen molar-refractivity contribution >= 4 is 5.69 Å². The summed E-state index contributed by atoms with van der Waals surface area (Å²) in [5, 5.41) is 9.52. The zero-order valence-corrected chi connectivity index (χ0v) is 6.87. The number of anilines is 1. The van der Waals surface area contributed by atoms with E-state index in [1.54, 1.807) is 19.9 Å². The van der Waals surface area contributed by atoms with Gasteiger partial charge in [-0.05, 0) is 25.5 Å². The number of aromatic nitrogens is 1. The highest BCUT2D eigenvalue weighted by atomic mass is 16.7. The maximum atomic E-state index is 10.1. The molecule has 0 saturated carbocycles. The largest absolute Gasteiger partial charge is 0.261 e. The second-order valence-corrected chi connectivity index (χ2v) is 2.44. The number of nitrogens with zero attached hydrogens (tertiary/aromatic N) is 2. The van der Waals surface area contributed by atoms with Crippen LogP contribution in [0.2, 0.25) is 0 Å². The average molecular weight is 167 g/mol. The van der Waals surface area contributed by atoms with Crippen molar-refractivity contribution < 1.29 is 5.03 Å². The molecule has 0 saturated heterocycles. The molecule has 1 N–H and O–H groups in total. The molecule has 0 aliphatic heterocycles. The van der Waals surface area contributed by atoms with E-state index in [0.717, 1.165) is 11.3 Å². The zero-order chi connectivity index (χ0) is 9.14. The Bertz CT molecular complexity index is 312. The van der Waals surface area contributed by atoms with Crippen LogP contribution in [-0.4, -0.2) is 10.0 Å². The average Bonchev–Trinajstić information content (AvgIpc) is 1.98. The Morgan fingerprint density at radius 3 is 2.83 bits per heavy atom. The molecule has 0 fully saturated rings. The van der Waals surface area contributed by atoms with Gasteiger partial charge in [-0.2, -0.15) is 0 Å². The number of hydrogen-bond acceptors (Lipinski definition) is 3. The van der Waals surface area contributed by atoms with E-state index in [9.17, 15) is 10.1 Å². The first-order valence-electron chi connectivity index (χ1n) is 3.44. The van der Waals surface area contributed by atoms with Gasteiger partial charge in [-0.1, -0.05) is 0 Å². The fraction of sp³-hybridized carbons (Fsp3) is 0.286. The van der Waals surface area contributed by atoms with Crippen LogP contribution in [0.4, 0.5) is 5.69 Å². The first-order valence-corrected chi connectivity index (χ1v) is 3.44. The Hall–Kier alpha value is -1.65. The highest BCUT2D eigenvalue weighted by molar-refractivity contribution is 5.49. The van der Waals surface area contributed by atoms with E-state index in [1.807, 2.05) is 0 Å². The van der Waals surface area contributed by atoms with Crippen LogP contribution in [0.25, 0.3) is 0 Å². The van der Waals surface area contributed by atoms with E-state index < -0.39 is 5.03 Å². The van der Waals surface area contributed by atoms with E-state index in [-0.39, 0.29) is 0 Å². The third-order valence-electron chi connectivity index (χ3n) is 1.67. The quantitative estimate of drug-likeness (QED) is 0.532. The highest BCUT2D eigenvalue weighted by Gasteiger charge is 2.04. The molecule has 0 unspecified atom stereocenters. The molecule has 1 heterocycles. The van der Waals surface area contributed by atoms with E-state index >= 15 is 0 Å². The number of pyridine rings is 1. The summed E-state index contributed by atoms with van der Waals surface area (Å²) in [5.41, 5.74) is 4.18. The first kappa shape index (κ1) is 8.45. The molecule has 64 valence electrons. The molecule has 5 nitrogen and oxygen atoms in total. The third kappa shape index (κ3) is 1.69. The summed E-state index contributed by atoms with van der Waals surface area (Å²) in [6, 6.07) is 1.57. The summed E-state index contributed by atoms with van der Waals surface area (Å²) in [6.07, 6.45) is 1.54. The van der Waals surface area contributed by atoms with Gasteiger partial charge >= 0.3 is 0 Å². The number of hydrazine groups is 1. The Balaban J connectivity index is 3.00. The van der Waals surface area contributed by atoms with Crippen LogP contribution in [0.15, 0.2) is 12.3 Å². The van der Waals surface area contributed by atoms with Gasteiger partial charge in [0.25, 0.3) is 0 Å². The van der Waals surface area contributed by atoms with Gasteiger partial charge in [-0.3, -0.25) is 4.98 Å². The number of aryl methyl sites for hydroxylation is 1. The molecule has 0 spiro atoms. The van der Waals surface area contributed by atoms with E-state index in [2.05, 4.69) is 10.4 Å². The van der Waals surface area contributed by atoms with Crippen LogP contribution >= 0.6 is 0 Å². The molecule has 1 aromatic heterocycles. The van der Waals surface area contributed by atoms with Gasteiger partial charge in [0.05, 0.1) is 0 Å². The Morgan fingerprint density at radius 2 is 2.25 bits per heavy atom. The van der Waals surface area contributed by atoms with Crippen molar-refractivity contribution in [2.24, 2.45) is 0 Å². The Kier molecular flexibility index (Phi) is 2.23. The monoisotopic (exact) mass is 167 g/mol. The summed E-state index contributed by atoms with van der Waals surface area (Å²) < 4.78 is 0. The van der Waals surface area contributed by atoms with Crippen LogP contribution in [-0.2, 0) is 0 Å². The van der Waals surface area contributed by atoms with Gasteiger partial charge in [0.15, 0.2) is 5.03 Å². The fourth-order valence-corrected chi connectivity index (χ4v) is 0.860. The number of rotatable bonds is 2. The standard InChI is InChI=1S/C7H9N3O2/c1-5-6(2)8-4-3-7(5)9-10(11)12/h3-4H,1-2H3,(H,8,9). The molecule has 0 amide bonds. The predicted octanol–water partition coefficient (Wildman–Crippen LogP) is 1.30. The second-order valence-electron chi connectivity index (χ2n) is 2.44. The Labute approximate surface area is 69.6 Å². The lowest BCUT2D eigenvalue weighted by atomic mass is 10.2. The van der Waals surface area contributed by atoms with Crippen LogP contribution < -0.4 is 5.43 Å². The molecule has 0 aliphatic carbocycles. The Morgan fingerprint density at radius 1 is 1.58 bits per heavy atom. The molecule has 1 aromatic rings. The van der Waals surface area contributed by atoms with Gasteiger partial charge in [0, 0.05) is 11.9 Å². The molecule has 0 radical (unpaired) electrons. The predicted molar refractivity (Wildman–Crippen MR) is 44.3 cm³/mol. The molecule has 1 rings (SSSR count). The number of hydrogen-bond donors (Lipinski definition) is 1. The lowest BCUT2D eigenvalue weighted by molar-refractivity contribution is -0.445. The summed E-state index contributed by atoms with van der Waals surface area (Å²) in [4.78, 5) is 14.1. The van der Waals surface area contributed by atoms with Crippen molar-refractivity contribution in [3.05, 3.63) is 33.6 Å². The van der Waals surface area contributed by atoms with Gasteiger partial charge in [0.1, 0.15) is 5.69 Å². The minimum Gasteiger partial charge on any atom is -0.261 e. The fourth-order valence-electron chi connectivity index (χ4n) is 0.860. The zero-order valence-electron chi connectivity index (χ0n) is 6.87. The molecule has 0 aromatic carbocycles. The number of nitro groups is 1. The van der Waals surface area contributed by atoms with Gasteiger partial charge in [-0.15, -0.1) is 5.43 Å². The molecule has 5 heteroatoms. The van der Waals surface area contributed by atoms with Crippen molar-refractivity contribution in [1.29, 1.82) is 0 Å². The minimum absolute atomic E-state index is 0.493. The van der Waals surface area contributed by atoms with E-state index in [4.69, 9.17) is 0 Å². The van der Waals surface area contributed by atoms with Crippen LogP contribution in [0.3, 0.4) is 0 Å². The van der Waals surface area contributed by atoms with Gasteiger partial charge in [-0.25, -0.2) is 10.1 Å². The third-order valence-corrected chi connectivity index (χ3v) is 1.67. The van der Waals surface area contributed by atoms with Crippen molar-refractivity contribution in [1.82, 2.24) is 4.98 Å². The molecule has 12 heavy (non-hydrogen) atoms. The molecule has 0 atom stereocenters. The minimum atomic E-state index is -0.582. The lowest BCUT2D eigenvalue weighted by Gasteiger charge is -2.02. The highest BCUT2D eigenvalue weighted by Crippen LogP contribution is 2.14. The van der Waals surface area contributed by atoms with Crippen LogP contribution in [0, 0.1) is 24.0 Å². The summed E-state index contributed by atoms with van der Waals surface area (Å²) in [7, 11) is 0. The van der Waals surface area contributed by atoms with Crippen molar-refractivity contribution in [2.75, 3.05) is 5.43 Å². The van der Waals surface area contributed by atoms with Crippen LogP contribution in [0.5, 0.6) is 0 Å². The van der Waals surface area contributed by atoms with Crippen LogP contribution in [0.1, 0.15) is 11.3 Å². The van der Waals surface area contributed by atoms with Crippen molar-refractivity contribution in [2.45, 2.75) is 13.8 Å². The summed E-state index contributed by atoms with van der Waals surface area (Å²) in [5.74, 6) is 0. The maximum Gasteiger partial charge on any atom is 0.162 e. The van der Waals surface area contributed by atoms with E-state index in [0.29, 0.717) is 5.69 Å². The van der Waals surface area contributed by atoms with Crippen molar-refractivity contribution in [3.8, 4) is 0 Å². The lowest BCUT2D eigenvalue weighted by Crippen LogP contribution is -2.09. The molecule has 0 bridgehead atoms. The molecular formula is C7H9N3O2. The van der Waals surface area contributed by atoms with Gasteiger partial charge < -0.3 is 0 Å². The van der Waals surface area contributed by atoms with E-state index in [1.165, 1.54) is 6.20 Å². The molecular weight excluding hydrogens is 158 g/mol. The van der Waals surface area contributed by atoms with Crippen molar-refractivity contribution in [3.63, 3.8) is 0 Å². The SMILES string of the molecule is Cc1nccc(N[N+](=O)[O-])c1C. The summed E-state index contributed by atoms with van der Waals surface area (Å²) in [6.45, 7) is 3.59. The smallest absolute Gasteiger partial charge is 0.162 e. The first-order chi connectivity index (χ1) is 5.61. The maximum absolute atomic E-state index is 10.1. The summed E-state index contributed by atoms with van der Waals surface area (Å²) >= 11 is 0. The molecule has 0 aliphatic rings. The van der Waals surface area contributed by atoms with Gasteiger partial charge in [0.2, 0.25) is 0 Å². The normalized spacial score (nSPS) is 9.50. The number of nitrogens with one attached hydrogen (secondary N) is 1.